The first kappa shape index (κ1) is 17.0. The van der Waals surface area contributed by atoms with Gasteiger partial charge >= 0.3 is 0 Å². The predicted molar refractivity (Wildman–Crippen MR) is 105 cm³/mol. The predicted octanol–water partition coefficient (Wildman–Crippen LogP) is 6.46. The fraction of sp³-hybridized carbons (Fsp3) is 0.368. The summed E-state index contributed by atoms with van der Waals surface area (Å²) in [6.07, 6.45) is 3.28. The van der Waals surface area contributed by atoms with Gasteiger partial charge in [0.05, 0.1) is 4.83 Å². The molecule has 21 heavy (non-hydrogen) atoms. The minimum Gasteiger partial charge on any atom is -0.0786 e. The van der Waals surface area contributed by atoms with Crippen LogP contribution >= 0.6 is 38.5 Å². The number of benzene rings is 2. The van der Waals surface area contributed by atoms with Crippen LogP contribution in [0.2, 0.25) is 0 Å². The molecule has 1 unspecified atom stereocenters. The van der Waals surface area contributed by atoms with Crippen LogP contribution in [0.1, 0.15) is 53.4 Å². The van der Waals surface area contributed by atoms with E-state index in [-0.39, 0.29) is 4.83 Å². The molecule has 1 atom stereocenters. The van der Waals surface area contributed by atoms with Crippen molar-refractivity contribution in [2.75, 3.05) is 0 Å². The Morgan fingerprint density at radius 1 is 0.952 bits per heavy atom. The maximum atomic E-state index is 3.97. The second-order valence-corrected chi connectivity index (χ2v) is 7.35. The molecule has 0 spiro atoms. The lowest BCUT2D eigenvalue weighted by molar-refractivity contribution is 0.972. The summed E-state index contributed by atoms with van der Waals surface area (Å²) in [4.78, 5) is 0.279. The van der Waals surface area contributed by atoms with Crippen LogP contribution in [0.4, 0.5) is 0 Å². The summed E-state index contributed by atoms with van der Waals surface area (Å²) < 4.78 is 1.32. The van der Waals surface area contributed by atoms with Crippen molar-refractivity contribution < 1.29 is 0 Å². The molecule has 0 saturated carbocycles. The van der Waals surface area contributed by atoms with Crippen LogP contribution in [0.3, 0.4) is 0 Å². The van der Waals surface area contributed by atoms with Crippen molar-refractivity contribution in [1.82, 2.24) is 0 Å². The monoisotopic (exact) mass is 456 g/mol. The Labute approximate surface area is 150 Å². The van der Waals surface area contributed by atoms with Crippen LogP contribution in [0, 0.1) is 3.57 Å². The van der Waals surface area contributed by atoms with Crippen molar-refractivity contribution >= 4 is 38.5 Å². The van der Waals surface area contributed by atoms with Crippen molar-refractivity contribution in [3.8, 4) is 0 Å². The van der Waals surface area contributed by atoms with Crippen LogP contribution in [-0.4, -0.2) is 0 Å². The molecule has 2 rings (SSSR count). The van der Waals surface area contributed by atoms with Crippen LogP contribution in [-0.2, 0) is 19.3 Å². The van der Waals surface area contributed by atoms with Gasteiger partial charge in [0.2, 0.25) is 0 Å². The molecule has 0 aliphatic heterocycles. The molecule has 0 amide bonds. The molecule has 0 bridgehead atoms. The molecule has 2 aromatic carbocycles. The number of halogens is 2. The van der Waals surface area contributed by atoms with Gasteiger partial charge in [-0.2, -0.15) is 0 Å². The topological polar surface area (TPSA) is 0 Å². The van der Waals surface area contributed by atoms with E-state index in [9.17, 15) is 0 Å². The van der Waals surface area contributed by atoms with Gasteiger partial charge in [-0.3, -0.25) is 0 Å². The van der Waals surface area contributed by atoms with E-state index < -0.39 is 0 Å². The van der Waals surface area contributed by atoms with Crippen molar-refractivity contribution in [2.24, 2.45) is 0 Å². The third-order valence-electron chi connectivity index (χ3n) is 4.01. The Hall–Kier alpha value is -0.350. The van der Waals surface area contributed by atoms with E-state index in [1.807, 2.05) is 0 Å². The molecule has 0 radical (unpaired) electrons. The van der Waals surface area contributed by atoms with Gasteiger partial charge in [0, 0.05) is 3.57 Å². The summed E-state index contributed by atoms with van der Waals surface area (Å²) in [7, 11) is 0. The molecule has 112 valence electrons. The Balaban J connectivity index is 2.59. The van der Waals surface area contributed by atoms with E-state index in [1.165, 1.54) is 31.4 Å². The second-order valence-electron chi connectivity index (χ2n) is 5.27. The summed E-state index contributed by atoms with van der Waals surface area (Å²) >= 11 is 6.40. The minimum atomic E-state index is 0.279. The van der Waals surface area contributed by atoms with Gasteiger partial charge in [-0.25, -0.2) is 0 Å². The van der Waals surface area contributed by atoms with Crippen molar-refractivity contribution in [1.29, 1.82) is 0 Å². The summed E-state index contributed by atoms with van der Waals surface area (Å²) in [6.45, 7) is 6.75. The fourth-order valence-corrected chi connectivity index (χ4v) is 4.92. The molecule has 0 aliphatic carbocycles. The lowest BCUT2D eigenvalue weighted by atomic mass is 9.89. The minimum absolute atomic E-state index is 0.279. The molecule has 0 N–H and O–H groups in total. The van der Waals surface area contributed by atoms with Crippen molar-refractivity contribution in [2.45, 2.75) is 44.9 Å². The zero-order valence-electron chi connectivity index (χ0n) is 12.9. The van der Waals surface area contributed by atoms with E-state index >= 15 is 0 Å². The third-order valence-corrected chi connectivity index (χ3v) is 5.95. The van der Waals surface area contributed by atoms with E-state index in [0.717, 1.165) is 19.3 Å². The highest BCUT2D eigenvalue weighted by molar-refractivity contribution is 14.1. The molecular formula is C19H22BrI. The van der Waals surface area contributed by atoms with E-state index in [2.05, 4.69) is 95.7 Å². The average Bonchev–Trinajstić information content (AvgIpc) is 2.53. The van der Waals surface area contributed by atoms with Crippen LogP contribution in [0.25, 0.3) is 0 Å². The molecule has 0 heterocycles. The van der Waals surface area contributed by atoms with Crippen molar-refractivity contribution in [3.05, 3.63) is 67.8 Å². The lowest BCUT2D eigenvalue weighted by Gasteiger charge is -2.21. The summed E-state index contributed by atoms with van der Waals surface area (Å²) in [5.74, 6) is 0. The molecular weight excluding hydrogens is 435 g/mol. The molecule has 0 aliphatic rings. The van der Waals surface area contributed by atoms with E-state index in [4.69, 9.17) is 0 Å². The van der Waals surface area contributed by atoms with Gasteiger partial charge in [-0.05, 0) is 75.7 Å². The number of hydrogen-bond acceptors (Lipinski definition) is 0. The first-order valence-electron chi connectivity index (χ1n) is 7.65. The first-order valence-corrected chi connectivity index (χ1v) is 9.64. The number of hydrogen-bond donors (Lipinski definition) is 0. The zero-order chi connectivity index (χ0) is 15.4. The first-order chi connectivity index (χ1) is 10.1. The Morgan fingerprint density at radius 2 is 1.52 bits per heavy atom. The Bertz CT molecular complexity index is 594. The molecule has 0 nitrogen and oxygen atoms in total. The maximum absolute atomic E-state index is 3.97. The molecule has 2 aromatic rings. The normalized spacial score (nSPS) is 12.4. The highest BCUT2D eigenvalue weighted by atomic mass is 127. The largest absolute Gasteiger partial charge is 0.0786 e. The quantitative estimate of drug-likeness (QED) is 0.357. The van der Waals surface area contributed by atoms with Gasteiger partial charge in [-0.1, -0.05) is 67.0 Å². The van der Waals surface area contributed by atoms with Gasteiger partial charge < -0.3 is 0 Å². The molecule has 0 fully saturated rings. The molecule has 0 aromatic heterocycles. The van der Waals surface area contributed by atoms with Crippen LogP contribution in [0.15, 0.2) is 36.4 Å². The smallest absolute Gasteiger partial charge is 0.0660 e. The lowest BCUT2D eigenvalue weighted by Crippen LogP contribution is -2.06. The highest BCUT2D eigenvalue weighted by Gasteiger charge is 2.19. The number of aryl methyl sites for hydroxylation is 3. The molecule has 0 saturated heterocycles. The van der Waals surface area contributed by atoms with Gasteiger partial charge in [-0.15, -0.1) is 0 Å². The summed E-state index contributed by atoms with van der Waals surface area (Å²) in [6, 6.07) is 13.4. The Kier molecular flexibility index (Phi) is 6.30. The highest BCUT2D eigenvalue weighted by Crippen LogP contribution is 2.38. The third kappa shape index (κ3) is 3.70. The maximum Gasteiger partial charge on any atom is 0.0660 e. The van der Waals surface area contributed by atoms with E-state index in [0.29, 0.717) is 0 Å². The average molecular weight is 457 g/mol. The Morgan fingerprint density at radius 3 is 2.00 bits per heavy atom. The van der Waals surface area contributed by atoms with Crippen LogP contribution < -0.4 is 0 Å². The second kappa shape index (κ2) is 7.77. The summed E-state index contributed by atoms with van der Waals surface area (Å²) in [5.41, 5.74) is 7.25. The molecule has 2 heteroatoms. The van der Waals surface area contributed by atoms with Gasteiger partial charge in [0.1, 0.15) is 0 Å². The zero-order valence-corrected chi connectivity index (χ0v) is 16.7. The summed E-state index contributed by atoms with van der Waals surface area (Å²) in [5, 5.41) is 0. The van der Waals surface area contributed by atoms with Crippen molar-refractivity contribution in [3.63, 3.8) is 0 Å². The standard InChI is InChI=1S/C19H22BrI/c1-4-13-11-14(5-2)18(15(6-3)12-13)19(20)16-9-7-8-10-17(16)21/h7-12,19H,4-6H2,1-3H3. The van der Waals surface area contributed by atoms with E-state index in [1.54, 1.807) is 0 Å². The SMILES string of the molecule is CCc1cc(CC)c(C(Br)c2ccccc2I)c(CC)c1. The fourth-order valence-electron chi connectivity index (χ4n) is 2.80. The van der Waals surface area contributed by atoms with Gasteiger partial charge in [0.25, 0.3) is 0 Å². The van der Waals surface area contributed by atoms with Crippen LogP contribution in [0.5, 0.6) is 0 Å². The number of alkyl halides is 1. The van der Waals surface area contributed by atoms with Gasteiger partial charge in [0.15, 0.2) is 0 Å². The number of rotatable bonds is 5.